The van der Waals surface area contributed by atoms with Crippen molar-refractivity contribution in [2.24, 2.45) is 11.8 Å². The summed E-state index contributed by atoms with van der Waals surface area (Å²) in [5, 5.41) is 9.61. The zero-order valence-electron chi connectivity index (χ0n) is 14.4. The number of aliphatic hydroxyl groups is 1. The van der Waals surface area contributed by atoms with Crippen LogP contribution in [0.3, 0.4) is 0 Å². The molecule has 0 radical (unpaired) electrons. The van der Waals surface area contributed by atoms with Crippen LogP contribution in [0.1, 0.15) is 76.8 Å². The number of aliphatic hydroxyl groups excluding tert-OH is 1. The Labute approximate surface area is 131 Å². The maximum atomic E-state index is 9.61. The third kappa shape index (κ3) is 6.22. The van der Waals surface area contributed by atoms with E-state index in [0.29, 0.717) is 24.4 Å². The summed E-state index contributed by atoms with van der Waals surface area (Å²) in [5.41, 5.74) is 2.90. The van der Waals surface area contributed by atoms with Gasteiger partial charge in [-0.1, -0.05) is 71.2 Å². The largest absolute Gasteiger partial charge is 0.396 e. The number of aryl methyl sites for hydroxylation is 1. The second kappa shape index (κ2) is 10.00. The standard InChI is InChI=1S/C20H34O/c1-5-8-16(3)19-11-7-10-18(14-19)12-13-20(15-21)17(4)9-6-2/h7,10-11,14,16-17,20-21H,5-6,8-9,12-13,15H2,1-4H3. The van der Waals surface area contributed by atoms with Gasteiger partial charge in [0.25, 0.3) is 0 Å². The van der Waals surface area contributed by atoms with Crippen LogP contribution in [-0.2, 0) is 6.42 Å². The molecule has 0 fully saturated rings. The molecule has 0 heterocycles. The van der Waals surface area contributed by atoms with Gasteiger partial charge in [-0.3, -0.25) is 0 Å². The molecule has 3 unspecified atom stereocenters. The molecule has 0 saturated carbocycles. The molecule has 1 heteroatoms. The summed E-state index contributed by atoms with van der Waals surface area (Å²) in [6, 6.07) is 9.06. The van der Waals surface area contributed by atoms with Gasteiger partial charge < -0.3 is 5.11 Å². The van der Waals surface area contributed by atoms with E-state index >= 15 is 0 Å². The maximum Gasteiger partial charge on any atom is 0.0461 e. The summed E-state index contributed by atoms with van der Waals surface area (Å²) in [6.07, 6.45) is 7.12. The van der Waals surface area contributed by atoms with Crippen molar-refractivity contribution < 1.29 is 5.11 Å². The molecule has 0 aliphatic heterocycles. The first kappa shape index (κ1) is 18.2. The number of rotatable bonds is 10. The molecule has 1 aromatic rings. The first-order valence-corrected chi connectivity index (χ1v) is 8.82. The molecule has 0 aliphatic rings. The van der Waals surface area contributed by atoms with Crippen LogP contribution in [0, 0.1) is 11.8 Å². The van der Waals surface area contributed by atoms with Gasteiger partial charge in [-0.15, -0.1) is 0 Å². The van der Waals surface area contributed by atoms with Crippen molar-refractivity contribution in [1.29, 1.82) is 0 Å². The van der Waals surface area contributed by atoms with Crippen LogP contribution in [0.2, 0.25) is 0 Å². The minimum absolute atomic E-state index is 0.326. The monoisotopic (exact) mass is 290 g/mol. The summed E-state index contributed by atoms with van der Waals surface area (Å²) in [7, 11) is 0. The third-order valence-corrected chi connectivity index (χ3v) is 4.83. The fourth-order valence-electron chi connectivity index (χ4n) is 3.25. The van der Waals surface area contributed by atoms with Crippen molar-refractivity contribution in [2.75, 3.05) is 6.61 Å². The van der Waals surface area contributed by atoms with Crippen molar-refractivity contribution in [3.05, 3.63) is 35.4 Å². The topological polar surface area (TPSA) is 20.2 Å². The Morgan fingerprint density at radius 1 is 1.00 bits per heavy atom. The number of benzene rings is 1. The fraction of sp³-hybridized carbons (Fsp3) is 0.700. The van der Waals surface area contributed by atoms with E-state index in [-0.39, 0.29) is 0 Å². The van der Waals surface area contributed by atoms with Crippen molar-refractivity contribution in [3.63, 3.8) is 0 Å². The summed E-state index contributed by atoms with van der Waals surface area (Å²) < 4.78 is 0. The lowest BCUT2D eigenvalue weighted by molar-refractivity contribution is 0.168. The summed E-state index contributed by atoms with van der Waals surface area (Å²) in [5.74, 6) is 1.73. The lowest BCUT2D eigenvalue weighted by atomic mass is 9.85. The van der Waals surface area contributed by atoms with Crippen LogP contribution >= 0.6 is 0 Å². The third-order valence-electron chi connectivity index (χ3n) is 4.83. The zero-order valence-corrected chi connectivity index (χ0v) is 14.4. The fourth-order valence-corrected chi connectivity index (χ4v) is 3.25. The number of hydrogen-bond acceptors (Lipinski definition) is 1. The van der Waals surface area contributed by atoms with E-state index < -0.39 is 0 Å². The van der Waals surface area contributed by atoms with Crippen LogP contribution in [0.25, 0.3) is 0 Å². The molecule has 0 aromatic heterocycles. The highest BCUT2D eigenvalue weighted by Crippen LogP contribution is 2.25. The minimum atomic E-state index is 0.326. The quantitative estimate of drug-likeness (QED) is 0.597. The van der Waals surface area contributed by atoms with Crippen molar-refractivity contribution >= 4 is 0 Å². The SMILES string of the molecule is CCCC(C)c1cccc(CCC(CO)C(C)CCC)c1. The average Bonchev–Trinajstić information content (AvgIpc) is 2.49. The van der Waals surface area contributed by atoms with Crippen LogP contribution in [-0.4, -0.2) is 11.7 Å². The van der Waals surface area contributed by atoms with Gasteiger partial charge >= 0.3 is 0 Å². The second-order valence-electron chi connectivity index (χ2n) is 6.68. The highest BCUT2D eigenvalue weighted by molar-refractivity contribution is 5.26. The van der Waals surface area contributed by atoms with Gasteiger partial charge in [0.05, 0.1) is 0 Å². The van der Waals surface area contributed by atoms with E-state index in [1.165, 1.54) is 36.8 Å². The predicted octanol–water partition coefficient (Wildman–Crippen LogP) is 5.57. The van der Waals surface area contributed by atoms with Crippen molar-refractivity contribution in [2.45, 2.75) is 72.1 Å². The molecule has 0 bridgehead atoms. The Balaban J connectivity index is 2.60. The van der Waals surface area contributed by atoms with E-state index in [1.807, 2.05) is 0 Å². The first-order valence-electron chi connectivity index (χ1n) is 8.82. The lowest BCUT2D eigenvalue weighted by Crippen LogP contribution is -2.17. The lowest BCUT2D eigenvalue weighted by Gasteiger charge is -2.21. The van der Waals surface area contributed by atoms with Crippen molar-refractivity contribution in [3.8, 4) is 0 Å². The smallest absolute Gasteiger partial charge is 0.0461 e. The van der Waals surface area contributed by atoms with Gasteiger partial charge in [-0.2, -0.15) is 0 Å². The van der Waals surface area contributed by atoms with E-state index in [2.05, 4.69) is 52.0 Å². The number of hydrogen-bond donors (Lipinski definition) is 1. The molecule has 0 spiro atoms. The van der Waals surface area contributed by atoms with Gasteiger partial charge in [-0.05, 0) is 48.1 Å². The molecule has 1 nitrogen and oxygen atoms in total. The summed E-state index contributed by atoms with van der Waals surface area (Å²) in [4.78, 5) is 0. The normalized spacial score (nSPS) is 15.7. The Morgan fingerprint density at radius 3 is 2.33 bits per heavy atom. The predicted molar refractivity (Wildman–Crippen MR) is 92.7 cm³/mol. The highest BCUT2D eigenvalue weighted by Gasteiger charge is 2.15. The molecule has 120 valence electrons. The molecule has 0 aliphatic carbocycles. The molecule has 1 aromatic carbocycles. The second-order valence-corrected chi connectivity index (χ2v) is 6.68. The molecule has 21 heavy (non-hydrogen) atoms. The van der Waals surface area contributed by atoms with E-state index in [1.54, 1.807) is 0 Å². The summed E-state index contributed by atoms with van der Waals surface area (Å²) in [6.45, 7) is 9.41. The highest BCUT2D eigenvalue weighted by atomic mass is 16.3. The molecule has 0 amide bonds. The van der Waals surface area contributed by atoms with E-state index in [0.717, 1.165) is 12.8 Å². The molecular formula is C20H34O. The van der Waals surface area contributed by atoms with Gasteiger partial charge in [0.15, 0.2) is 0 Å². The molecule has 3 atom stereocenters. The maximum absolute atomic E-state index is 9.61. The van der Waals surface area contributed by atoms with Gasteiger partial charge in [-0.25, -0.2) is 0 Å². The van der Waals surface area contributed by atoms with Crippen LogP contribution in [0.15, 0.2) is 24.3 Å². The van der Waals surface area contributed by atoms with Crippen LogP contribution < -0.4 is 0 Å². The Hall–Kier alpha value is -0.820. The summed E-state index contributed by atoms with van der Waals surface area (Å²) >= 11 is 0. The minimum Gasteiger partial charge on any atom is -0.396 e. The molecule has 1 N–H and O–H groups in total. The van der Waals surface area contributed by atoms with E-state index in [4.69, 9.17) is 0 Å². The molecular weight excluding hydrogens is 256 g/mol. The average molecular weight is 290 g/mol. The van der Waals surface area contributed by atoms with Crippen molar-refractivity contribution in [1.82, 2.24) is 0 Å². The van der Waals surface area contributed by atoms with Gasteiger partial charge in [0.2, 0.25) is 0 Å². The zero-order chi connectivity index (χ0) is 15.7. The van der Waals surface area contributed by atoms with Crippen LogP contribution in [0.5, 0.6) is 0 Å². The van der Waals surface area contributed by atoms with E-state index in [9.17, 15) is 5.11 Å². The Kier molecular flexibility index (Phi) is 8.68. The van der Waals surface area contributed by atoms with Gasteiger partial charge in [0.1, 0.15) is 0 Å². The van der Waals surface area contributed by atoms with Crippen LogP contribution in [0.4, 0.5) is 0 Å². The Bertz CT molecular complexity index is 385. The first-order chi connectivity index (χ1) is 10.1. The Morgan fingerprint density at radius 2 is 1.71 bits per heavy atom. The molecule has 0 saturated heterocycles. The molecule has 1 rings (SSSR count). The van der Waals surface area contributed by atoms with Gasteiger partial charge in [0, 0.05) is 6.61 Å².